The first-order chi connectivity index (χ1) is 13.0. The van der Waals surface area contributed by atoms with Crippen LogP contribution in [0.1, 0.15) is 34.8 Å². The average Bonchev–Trinajstić information content (AvgIpc) is 3.41. The highest BCUT2D eigenvalue weighted by atomic mass is 16.6. The summed E-state index contributed by atoms with van der Waals surface area (Å²) in [6, 6.07) is 6.00. The van der Waals surface area contributed by atoms with Crippen LogP contribution in [0.4, 0.5) is 5.69 Å². The molecule has 1 aliphatic rings. The van der Waals surface area contributed by atoms with Gasteiger partial charge in [-0.15, -0.1) is 0 Å². The Morgan fingerprint density at radius 2 is 2.07 bits per heavy atom. The van der Waals surface area contributed by atoms with Crippen molar-refractivity contribution in [2.75, 3.05) is 7.11 Å². The fourth-order valence-corrected chi connectivity index (χ4v) is 2.47. The average molecular weight is 371 g/mol. The van der Waals surface area contributed by atoms with E-state index >= 15 is 0 Å². The number of carbonyl (C=O) groups is 2. The van der Waals surface area contributed by atoms with E-state index in [2.05, 4.69) is 9.72 Å². The molecule has 0 aliphatic heterocycles. The van der Waals surface area contributed by atoms with Crippen molar-refractivity contribution >= 4 is 23.6 Å². The molecule has 1 aromatic carbocycles. The summed E-state index contributed by atoms with van der Waals surface area (Å²) in [5, 5.41) is 10.7. The SMILES string of the molecule is COC(=O)c1coc(CN(C(=O)/C=C/c2ccc([N+](=O)[O-])cc2)C2CC2)n1. The molecular weight excluding hydrogens is 354 g/mol. The number of oxazole rings is 1. The maximum Gasteiger partial charge on any atom is 0.360 e. The standard InChI is InChI=1S/C18H17N3O6/c1-26-18(23)15-11-27-16(19-15)10-20(13-7-8-13)17(22)9-4-12-2-5-14(6-3-12)21(24)25/h2-6,9,11,13H,7-8,10H2,1H3/b9-4+. The van der Waals surface area contributed by atoms with Gasteiger partial charge in [0.2, 0.25) is 11.8 Å². The molecule has 1 heterocycles. The van der Waals surface area contributed by atoms with Crippen molar-refractivity contribution < 1.29 is 23.7 Å². The fraction of sp³-hybridized carbons (Fsp3) is 0.278. The summed E-state index contributed by atoms with van der Waals surface area (Å²) < 4.78 is 9.83. The molecule has 0 bridgehead atoms. The van der Waals surface area contributed by atoms with Crippen molar-refractivity contribution in [3.8, 4) is 0 Å². The molecule has 1 fully saturated rings. The number of carbonyl (C=O) groups excluding carboxylic acids is 2. The van der Waals surface area contributed by atoms with E-state index in [9.17, 15) is 19.7 Å². The quantitative estimate of drug-likeness (QED) is 0.318. The van der Waals surface area contributed by atoms with Crippen LogP contribution in [0.25, 0.3) is 6.08 Å². The summed E-state index contributed by atoms with van der Waals surface area (Å²) in [6.07, 6.45) is 5.98. The number of non-ortho nitro benzene ring substituents is 1. The summed E-state index contributed by atoms with van der Waals surface area (Å²) in [7, 11) is 1.25. The highest BCUT2D eigenvalue weighted by molar-refractivity contribution is 5.92. The van der Waals surface area contributed by atoms with Crippen LogP contribution in [0, 0.1) is 10.1 Å². The smallest absolute Gasteiger partial charge is 0.360 e. The van der Waals surface area contributed by atoms with Crippen molar-refractivity contribution in [2.24, 2.45) is 0 Å². The van der Waals surface area contributed by atoms with E-state index in [0.29, 0.717) is 5.56 Å². The maximum absolute atomic E-state index is 12.5. The van der Waals surface area contributed by atoms with Crippen LogP contribution in [0.2, 0.25) is 0 Å². The molecule has 1 amide bonds. The molecule has 140 valence electrons. The van der Waals surface area contributed by atoms with Crippen molar-refractivity contribution in [1.29, 1.82) is 0 Å². The number of hydrogen-bond donors (Lipinski definition) is 0. The zero-order valence-electron chi connectivity index (χ0n) is 14.5. The van der Waals surface area contributed by atoms with Crippen LogP contribution >= 0.6 is 0 Å². The largest absolute Gasteiger partial charge is 0.464 e. The van der Waals surface area contributed by atoms with Crippen molar-refractivity contribution in [2.45, 2.75) is 25.4 Å². The first-order valence-electron chi connectivity index (χ1n) is 8.24. The Labute approximate surface area is 154 Å². The van der Waals surface area contributed by atoms with Gasteiger partial charge >= 0.3 is 5.97 Å². The Balaban J connectivity index is 1.67. The first-order valence-corrected chi connectivity index (χ1v) is 8.24. The number of methoxy groups -OCH3 is 1. The molecule has 9 heteroatoms. The second-order valence-corrected chi connectivity index (χ2v) is 6.00. The van der Waals surface area contributed by atoms with Crippen LogP contribution in [-0.2, 0) is 16.1 Å². The predicted molar refractivity (Wildman–Crippen MR) is 93.5 cm³/mol. The van der Waals surface area contributed by atoms with Gasteiger partial charge in [-0.3, -0.25) is 14.9 Å². The summed E-state index contributed by atoms with van der Waals surface area (Å²) in [5.41, 5.74) is 0.717. The lowest BCUT2D eigenvalue weighted by molar-refractivity contribution is -0.384. The lowest BCUT2D eigenvalue weighted by Crippen LogP contribution is -2.31. The molecule has 1 aliphatic carbocycles. The third kappa shape index (κ3) is 4.57. The summed E-state index contributed by atoms with van der Waals surface area (Å²) in [6.45, 7) is 0.144. The molecule has 0 radical (unpaired) electrons. The van der Waals surface area contributed by atoms with Gasteiger partial charge in [0, 0.05) is 24.3 Å². The Kier molecular flexibility index (Phi) is 5.30. The zero-order chi connectivity index (χ0) is 19.4. The molecular formula is C18H17N3O6. The number of hydrogen-bond acceptors (Lipinski definition) is 7. The lowest BCUT2D eigenvalue weighted by Gasteiger charge is -2.18. The number of nitrogens with zero attached hydrogens (tertiary/aromatic N) is 3. The van der Waals surface area contributed by atoms with E-state index < -0.39 is 10.9 Å². The number of ether oxygens (including phenoxy) is 1. The summed E-state index contributed by atoms with van der Waals surface area (Å²) >= 11 is 0. The summed E-state index contributed by atoms with van der Waals surface area (Å²) in [5.74, 6) is -0.583. The van der Waals surface area contributed by atoms with Gasteiger partial charge < -0.3 is 14.1 Å². The van der Waals surface area contributed by atoms with Crippen molar-refractivity contribution in [1.82, 2.24) is 9.88 Å². The molecule has 0 spiro atoms. The Hall–Kier alpha value is -3.49. The van der Waals surface area contributed by atoms with Crippen LogP contribution in [0.5, 0.6) is 0 Å². The second-order valence-electron chi connectivity index (χ2n) is 6.00. The number of nitro benzene ring substituents is 1. The van der Waals surface area contributed by atoms with Gasteiger partial charge in [0.25, 0.3) is 5.69 Å². The molecule has 27 heavy (non-hydrogen) atoms. The fourth-order valence-electron chi connectivity index (χ4n) is 2.47. The third-order valence-corrected chi connectivity index (χ3v) is 4.04. The molecule has 0 atom stereocenters. The molecule has 9 nitrogen and oxygen atoms in total. The van der Waals surface area contributed by atoms with E-state index in [-0.39, 0.29) is 35.8 Å². The topological polar surface area (TPSA) is 116 Å². The summed E-state index contributed by atoms with van der Waals surface area (Å²) in [4.78, 5) is 39.8. The number of esters is 1. The Morgan fingerprint density at radius 1 is 1.37 bits per heavy atom. The van der Waals surface area contributed by atoms with Gasteiger partial charge in [-0.25, -0.2) is 9.78 Å². The normalized spacial score (nSPS) is 13.5. The third-order valence-electron chi connectivity index (χ3n) is 4.04. The Morgan fingerprint density at radius 3 is 2.67 bits per heavy atom. The van der Waals surface area contributed by atoms with E-state index in [4.69, 9.17) is 4.42 Å². The Bertz CT molecular complexity index is 883. The van der Waals surface area contributed by atoms with Gasteiger partial charge in [-0.1, -0.05) is 0 Å². The minimum Gasteiger partial charge on any atom is -0.464 e. The van der Waals surface area contributed by atoms with E-state index in [0.717, 1.165) is 12.8 Å². The van der Waals surface area contributed by atoms with Crippen LogP contribution in [0.3, 0.4) is 0 Å². The van der Waals surface area contributed by atoms with Gasteiger partial charge in [0.05, 0.1) is 18.6 Å². The minimum atomic E-state index is -0.604. The number of nitro groups is 1. The van der Waals surface area contributed by atoms with Crippen molar-refractivity contribution in [3.05, 3.63) is 63.9 Å². The van der Waals surface area contributed by atoms with Gasteiger partial charge in [0.15, 0.2) is 5.69 Å². The highest BCUT2D eigenvalue weighted by Gasteiger charge is 2.32. The number of aromatic nitrogens is 1. The van der Waals surface area contributed by atoms with E-state index in [1.54, 1.807) is 23.1 Å². The van der Waals surface area contributed by atoms with E-state index in [1.807, 2.05) is 0 Å². The predicted octanol–water partition coefficient (Wildman–Crippen LogP) is 2.57. The van der Waals surface area contributed by atoms with Gasteiger partial charge in [-0.2, -0.15) is 0 Å². The van der Waals surface area contributed by atoms with Gasteiger partial charge in [0.1, 0.15) is 6.26 Å². The molecule has 0 N–H and O–H groups in total. The molecule has 3 rings (SSSR count). The number of rotatable bonds is 7. The highest BCUT2D eigenvalue weighted by Crippen LogP contribution is 2.28. The molecule has 1 aromatic heterocycles. The van der Waals surface area contributed by atoms with Crippen LogP contribution in [-0.4, -0.2) is 39.8 Å². The first kappa shape index (κ1) is 18.3. The maximum atomic E-state index is 12.5. The van der Waals surface area contributed by atoms with Crippen molar-refractivity contribution in [3.63, 3.8) is 0 Å². The van der Waals surface area contributed by atoms with Gasteiger partial charge in [-0.05, 0) is 36.6 Å². The molecule has 0 saturated heterocycles. The monoisotopic (exact) mass is 371 g/mol. The second kappa shape index (κ2) is 7.81. The molecule has 2 aromatic rings. The number of benzene rings is 1. The molecule has 1 saturated carbocycles. The number of amides is 1. The minimum absolute atomic E-state index is 0.0108. The van der Waals surface area contributed by atoms with Crippen LogP contribution < -0.4 is 0 Å². The lowest BCUT2D eigenvalue weighted by atomic mass is 10.2. The zero-order valence-corrected chi connectivity index (χ0v) is 14.5. The van der Waals surface area contributed by atoms with E-state index in [1.165, 1.54) is 31.6 Å². The molecule has 0 unspecified atom stereocenters. The van der Waals surface area contributed by atoms with Crippen LogP contribution in [0.15, 0.2) is 41.0 Å².